The first-order valence-electron chi connectivity index (χ1n) is 5.03. The minimum Gasteiger partial charge on any atom is -0.225 e. The van der Waals surface area contributed by atoms with Crippen LogP contribution in [-0.4, -0.2) is 11.5 Å². The summed E-state index contributed by atoms with van der Waals surface area (Å²) in [6.07, 6.45) is 4.73. The van der Waals surface area contributed by atoms with Gasteiger partial charge in [0, 0.05) is 11.5 Å². The zero-order valence-electron chi connectivity index (χ0n) is 8.88. The summed E-state index contributed by atoms with van der Waals surface area (Å²) in [5.74, 6) is 0. The van der Waals surface area contributed by atoms with Gasteiger partial charge in [0.25, 0.3) is 0 Å². The van der Waals surface area contributed by atoms with Gasteiger partial charge in [0.2, 0.25) is 0 Å². The van der Waals surface area contributed by atoms with E-state index in [1.807, 2.05) is 30.4 Å². The molecule has 2 aromatic rings. The normalized spacial score (nSPS) is 10.9. The number of rotatable bonds is 4. The van der Waals surface area contributed by atoms with Crippen molar-refractivity contribution in [1.82, 2.24) is 4.98 Å². The summed E-state index contributed by atoms with van der Waals surface area (Å²) in [6, 6.07) is 5.98. The average Bonchev–Trinajstić information content (AvgIpc) is 2.68. The lowest BCUT2D eigenvalue weighted by Crippen LogP contribution is -1.75. The molecule has 0 saturated carbocycles. The summed E-state index contributed by atoms with van der Waals surface area (Å²) in [6.45, 7) is 0.488. The lowest BCUT2D eigenvalue weighted by Gasteiger charge is -1.92. The third-order valence-corrected chi connectivity index (χ3v) is 3.28. The number of fused-ring (bicyclic) bond motifs is 1. The van der Waals surface area contributed by atoms with Gasteiger partial charge in [0.15, 0.2) is 4.47 Å². The predicted molar refractivity (Wildman–Crippen MR) is 72.3 cm³/mol. The highest BCUT2D eigenvalue weighted by atomic mass is 35.5. The maximum Gasteiger partial charge on any atom is 0.184 e. The van der Waals surface area contributed by atoms with Crippen LogP contribution in [0.5, 0.6) is 0 Å². The van der Waals surface area contributed by atoms with Crippen molar-refractivity contribution in [3.8, 4) is 0 Å². The quantitative estimate of drug-likeness (QED) is 0.343. The summed E-state index contributed by atoms with van der Waals surface area (Å²) >= 11 is 7.31. The van der Waals surface area contributed by atoms with Crippen LogP contribution in [-0.2, 0) is 0 Å². The molecule has 0 radical (unpaired) electrons. The van der Waals surface area contributed by atoms with Gasteiger partial charge in [0.05, 0.1) is 10.2 Å². The molecule has 0 aliphatic rings. The monoisotopic (exact) mass is 264 g/mol. The van der Waals surface area contributed by atoms with Gasteiger partial charge in [-0.05, 0) is 29.6 Å². The number of thiazole rings is 1. The van der Waals surface area contributed by atoms with E-state index in [1.165, 1.54) is 11.3 Å². The Morgan fingerprint density at radius 1 is 1.53 bits per heavy atom. The van der Waals surface area contributed by atoms with E-state index in [1.54, 1.807) is 0 Å². The van der Waals surface area contributed by atoms with Gasteiger partial charge in [-0.1, -0.05) is 34.9 Å². The molecule has 4 nitrogen and oxygen atoms in total. The van der Waals surface area contributed by atoms with E-state index in [-0.39, 0.29) is 0 Å². The summed E-state index contributed by atoms with van der Waals surface area (Å²) in [7, 11) is 0. The number of nitrogens with zero attached hydrogens (tertiary/aromatic N) is 4. The Morgan fingerprint density at radius 3 is 3.24 bits per heavy atom. The molecule has 0 unspecified atom stereocenters. The molecule has 0 spiro atoms. The van der Waals surface area contributed by atoms with Crippen molar-refractivity contribution >= 4 is 39.2 Å². The summed E-state index contributed by atoms with van der Waals surface area (Å²) in [5.41, 5.74) is 10.1. The smallest absolute Gasteiger partial charge is 0.184 e. The predicted octanol–water partition coefficient (Wildman–Crippen LogP) is 4.66. The van der Waals surface area contributed by atoms with Gasteiger partial charge >= 0.3 is 0 Å². The Balaban J connectivity index is 2.10. The van der Waals surface area contributed by atoms with Crippen molar-refractivity contribution in [3.63, 3.8) is 0 Å². The second kappa shape index (κ2) is 5.68. The summed E-state index contributed by atoms with van der Waals surface area (Å²) < 4.78 is 1.64. The molecule has 0 amide bonds. The van der Waals surface area contributed by atoms with E-state index < -0.39 is 0 Å². The van der Waals surface area contributed by atoms with Crippen molar-refractivity contribution in [1.29, 1.82) is 0 Å². The average molecular weight is 265 g/mol. The van der Waals surface area contributed by atoms with Gasteiger partial charge < -0.3 is 0 Å². The van der Waals surface area contributed by atoms with Crippen LogP contribution in [0.25, 0.3) is 26.7 Å². The summed E-state index contributed by atoms with van der Waals surface area (Å²) in [5, 5.41) is 3.46. The second-order valence-corrected chi connectivity index (χ2v) is 4.95. The largest absolute Gasteiger partial charge is 0.225 e. The van der Waals surface area contributed by atoms with Crippen LogP contribution in [0.4, 0.5) is 0 Å². The van der Waals surface area contributed by atoms with Crippen LogP contribution >= 0.6 is 22.9 Å². The first-order chi connectivity index (χ1) is 8.29. The van der Waals surface area contributed by atoms with E-state index in [4.69, 9.17) is 17.1 Å². The van der Waals surface area contributed by atoms with E-state index in [0.717, 1.165) is 22.2 Å². The molecular formula is C11H9ClN4S. The second-order valence-electron chi connectivity index (χ2n) is 3.34. The van der Waals surface area contributed by atoms with E-state index in [9.17, 15) is 0 Å². The molecule has 0 N–H and O–H groups in total. The highest BCUT2D eigenvalue weighted by Crippen LogP contribution is 2.26. The minimum atomic E-state index is 0.488. The maximum absolute atomic E-state index is 8.12. The molecule has 0 fully saturated rings. The Kier molecular flexibility index (Phi) is 3.98. The molecule has 0 aliphatic carbocycles. The fraction of sp³-hybridized carbons (Fsp3) is 0.182. The van der Waals surface area contributed by atoms with Crippen LogP contribution < -0.4 is 0 Å². The third kappa shape index (κ3) is 3.20. The number of hydrogen-bond donors (Lipinski definition) is 0. The minimum absolute atomic E-state index is 0.488. The van der Waals surface area contributed by atoms with Crippen LogP contribution in [0.3, 0.4) is 0 Å². The zero-order chi connectivity index (χ0) is 12.1. The van der Waals surface area contributed by atoms with Gasteiger partial charge in [-0.3, -0.25) is 0 Å². The fourth-order valence-corrected chi connectivity index (χ4v) is 2.49. The number of hydrogen-bond acceptors (Lipinski definition) is 3. The highest BCUT2D eigenvalue weighted by Gasteiger charge is 2.00. The fourth-order valence-electron chi connectivity index (χ4n) is 1.41. The Morgan fingerprint density at radius 2 is 2.41 bits per heavy atom. The van der Waals surface area contributed by atoms with Crippen molar-refractivity contribution < 1.29 is 0 Å². The SMILES string of the molecule is [N-]=[N+]=NCCC=Cc1ccc2nc(Cl)sc2c1. The van der Waals surface area contributed by atoms with Crippen LogP contribution in [0, 0.1) is 0 Å². The number of benzene rings is 1. The molecule has 1 aromatic heterocycles. The zero-order valence-corrected chi connectivity index (χ0v) is 10.4. The molecule has 0 saturated heterocycles. The Hall–Kier alpha value is -1.55. The van der Waals surface area contributed by atoms with Crippen molar-refractivity contribution in [2.24, 2.45) is 5.11 Å². The molecule has 86 valence electrons. The number of halogens is 1. The molecule has 0 aliphatic heterocycles. The van der Waals surface area contributed by atoms with E-state index in [2.05, 4.69) is 15.0 Å². The highest BCUT2D eigenvalue weighted by molar-refractivity contribution is 7.22. The van der Waals surface area contributed by atoms with Crippen LogP contribution in [0.15, 0.2) is 29.4 Å². The van der Waals surface area contributed by atoms with Crippen molar-refractivity contribution in [2.75, 3.05) is 6.54 Å². The number of aromatic nitrogens is 1. The molecule has 0 atom stereocenters. The van der Waals surface area contributed by atoms with E-state index >= 15 is 0 Å². The molecule has 1 aromatic carbocycles. The van der Waals surface area contributed by atoms with Crippen LogP contribution in [0.2, 0.25) is 4.47 Å². The Labute approximate surface area is 107 Å². The first-order valence-corrected chi connectivity index (χ1v) is 6.22. The Bertz CT molecular complexity index is 599. The van der Waals surface area contributed by atoms with E-state index in [0.29, 0.717) is 11.0 Å². The van der Waals surface area contributed by atoms with Crippen molar-refractivity contribution in [3.05, 3.63) is 44.7 Å². The lowest BCUT2D eigenvalue weighted by atomic mass is 10.2. The molecule has 17 heavy (non-hydrogen) atoms. The topological polar surface area (TPSA) is 61.7 Å². The number of azide groups is 1. The van der Waals surface area contributed by atoms with Gasteiger partial charge in [-0.15, -0.1) is 11.3 Å². The molecule has 2 rings (SSSR count). The molecule has 0 bridgehead atoms. The lowest BCUT2D eigenvalue weighted by molar-refractivity contribution is 0.996. The summed E-state index contributed by atoms with van der Waals surface area (Å²) in [4.78, 5) is 6.87. The maximum atomic E-state index is 8.12. The molecule has 6 heteroatoms. The van der Waals surface area contributed by atoms with Gasteiger partial charge in [-0.25, -0.2) is 4.98 Å². The van der Waals surface area contributed by atoms with Crippen LogP contribution in [0.1, 0.15) is 12.0 Å². The van der Waals surface area contributed by atoms with Gasteiger partial charge in [-0.2, -0.15) is 0 Å². The molecule has 1 heterocycles. The van der Waals surface area contributed by atoms with Gasteiger partial charge in [0.1, 0.15) is 0 Å². The first kappa shape index (κ1) is 11.9. The third-order valence-electron chi connectivity index (χ3n) is 2.16. The molecular weight excluding hydrogens is 256 g/mol. The van der Waals surface area contributed by atoms with Crippen molar-refractivity contribution in [2.45, 2.75) is 6.42 Å². The standard InChI is InChI=1S/C11H9ClN4S/c12-11-15-9-5-4-8(7-10(9)17-11)3-1-2-6-14-16-13/h1,3-5,7H,2,6H2.